The number of sulfone groups is 1. The van der Waals surface area contributed by atoms with Crippen LogP contribution in [0.3, 0.4) is 0 Å². The van der Waals surface area contributed by atoms with E-state index in [9.17, 15) is 8.42 Å². The predicted molar refractivity (Wildman–Crippen MR) is 115 cm³/mol. The first-order valence-electron chi connectivity index (χ1n) is 8.98. The van der Waals surface area contributed by atoms with E-state index in [1.807, 2.05) is 48.5 Å². The molecule has 2 heterocycles. The van der Waals surface area contributed by atoms with E-state index < -0.39 is 9.84 Å². The molecule has 2 aliphatic rings. The number of amidine groups is 1. The van der Waals surface area contributed by atoms with E-state index in [1.165, 1.54) is 5.56 Å². The zero-order valence-corrected chi connectivity index (χ0v) is 17.8. The topological polar surface area (TPSA) is 59.0 Å². The maximum Gasteiger partial charge on any atom is 0.160 e. The molecular formula is C20H21ClN2O3S2. The Balaban J connectivity index is 1.51. The Morgan fingerprint density at radius 3 is 2.46 bits per heavy atom. The van der Waals surface area contributed by atoms with Crippen LogP contribution in [0.4, 0.5) is 0 Å². The summed E-state index contributed by atoms with van der Waals surface area (Å²) in [6, 6.07) is 15.4. The fourth-order valence-corrected chi connectivity index (χ4v) is 6.62. The minimum atomic E-state index is -3.03. The van der Waals surface area contributed by atoms with Crippen molar-refractivity contribution in [1.82, 2.24) is 4.90 Å². The summed E-state index contributed by atoms with van der Waals surface area (Å²) in [5.74, 6) is 1.91. The maximum absolute atomic E-state index is 12.1. The first-order valence-corrected chi connectivity index (χ1v) is 12.2. The lowest BCUT2D eigenvalue weighted by Gasteiger charge is -2.26. The number of hydrogen-bond donors (Lipinski definition) is 0. The van der Waals surface area contributed by atoms with Crippen LogP contribution >= 0.6 is 23.4 Å². The van der Waals surface area contributed by atoms with Gasteiger partial charge in [-0.2, -0.15) is 0 Å². The number of benzene rings is 2. The molecule has 2 aromatic carbocycles. The fourth-order valence-electron chi connectivity index (χ4n) is 3.55. The summed E-state index contributed by atoms with van der Waals surface area (Å²) in [6.45, 7) is 0.627. The Bertz CT molecular complexity index is 976. The first-order chi connectivity index (χ1) is 13.4. The molecule has 1 saturated heterocycles. The van der Waals surface area contributed by atoms with Crippen molar-refractivity contribution in [3.05, 3.63) is 64.7 Å². The lowest BCUT2D eigenvalue weighted by molar-refractivity contribution is 0.343. The van der Waals surface area contributed by atoms with Gasteiger partial charge in [-0.3, -0.25) is 4.99 Å². The van der Waals surface area contributed by atoms with Crippen molar-refractivity contribution in [2.75, 3.05) is 18.6 Å². The zero-order valence-electron chi connectivity index (χ0n) is 15.4. The molecule has 2 unspecified atom stereocenters. The fraction of sp³-hybridized carbons (Fsp3) is 0.350. The monoisotopic (exact) mass is 436 g/mol. The van der Waals surface area contributed by atoms with Crippen LogP contribution in [0.5, 0.6) is 5.75 Å². The molecule has 148 valence electrons. The number of fused-ring (bicyclic) bond motifs is 1. The van der Waals surface area contributed by atoms with Crippen molar-refractivity contribution < 1.29 is 13.2 Å². The third-order valence-corrected chi connectivity index (χ3v) is 8.04. The highest BCUT2D eigenvalue weighted by Gasteiger charge is 2.46. The average molecular weight is 437 g/mol. The van der Waals surface area contributed by atoms with Crippen molar-refractivity contribution in [3.8, 4) is 5.75 Å². The highest BCUT2D eigenvalue weighted by atomic mass is 35.5. The highest BCUT2D eigenvalue weighted by Crippen LogP contribution is 2.33. The molecule has 2 atom stereocenters. The van der Waals surface area contributed by atoms with E-state index in [0.717, 1.165) is 22.2 Å². The van der Waals surface area contributed by atoms with Gasteiger partial charge in [0.05, 0.1) is 30.7 Å². The largest absolute Gasteiger partial charge is 0.497 e. The molecule has 1 fully saturated rings. The van der Waals surface area contributed by atoms with Gasteiger partial charge in [-0.1, -0.05) is 47.6 Å². The van der Waals surface area contributed by atoms with Gasteiger partial charge in [-0.15, -0.1) is 0 Å². The van der Waals surface area contributed by atoms with Crippen LogP contribution in [0.1, 0.15) is 11.1 Å². The standard InChI is InChI=1S/C20H21ClN2O3S2/c1-26-17-8-4-15(5-9-17)11-27-20-22-18-12-28(24,25)13-19(18)23(20)10-14-2-6-16(21)7-3-14/h2-9,18-19H,10-13H2,1H3. The Kier molecular flexibility index (Phi) is 5.58. The number of ether oxygens (including phenoxy) is 1. The van der Waals surface area contributed by atoms with Gasteiger partial charge >= 0.3 is 0 Å². The van der Waals surface area contributed by atoms with Gasteiger partial charge in [0.15, 0.2) is 15.0 Å². The molecule has 0 saturated carbocycles. The molecule has 8 heteroatoms. The number of hydrogen-bond acceptors (Lipinski definition) is 6. The molecule has 5 nitrogen and oxygen atoms in total. The van der Waals surface area contributed by atoms with Crippen molar-refractivity contribution >= 4 is 38.4 Å². The number of thioether (sulfide) groups is 1. The van der Waals surface area contributed by atoms with Crippen LogP contribution in [-0.2, 0) is 22.1 Å². The first kappa shape index (κ1) is 19.6. The molecule has 0 bridgehead atoms. The molecule has 0 N–H and O–H groups in total. The van der Waals surface area contributed by atoms with Gasteiger partial charge in [0.25, 0.3) is 0 Å². The van der Waals surface area contributed by atoms with Gasteiger partial charge in [0, 0.05) is 17.3 Å². The van der Waals surface area contributed by atoms with Crippen LogP contribution in [0.15, 0.2) is 53.5 Å². The molecule has 4 rings (SSSR count). The summed E-state index contributed by atoms with van der Waals surface area (Å²) in [4.78, 5) is 6.91. The van der Waals surface area contributed by atoms with Crippen molar-refractivity contribution in [2.24, 2.45) is 4.99 Å². The Labute approximate surface area is 174 Å². The summed E-state index contributed by atoms with van der Waals surface area (Å²) in [6.07, 6.45) is 0. The van der Waals surface area contributed by atoms with Gasteiger partial charge in [-0.05, 0) is 35.4 Å². The lowest BCUT2D eigenvalue weighted by atomic mass is 10.1. The highest BCUT2D eigenvalue weighted by molar-refractivity contribution is 8.13. The Morgan fingerprint density at radius 1 is 1.11 bits per heavy atom. The molecule has 2 aromatic rings. The molecule has 0 spiro atoms. The van der Waals surface area contributed by atoms with E-state index >= 15 is 0 Å². The van der Waals surface area contributed by atoms with Gasteiger partial charge in [-0.25, -0.2) is 8.42 Å². The lowest BCUT2D eigenvalue weighted by Crippen LogP contribution is -2.38. The second-order valence-electron chi connectivity index (χ2n) is 7.01. The second kappa shape index (κ2) is 7.97. The molecule has 0 amide bonds. The van der Waals surface area contributed by atoms with Crippen LogP contribution in [0.25, 0.3) is 0 Å². The third-order valence-electron chi connectivity index (χ3n) is 5.01. The number of methoxy groups -OCH3 is 1. The number of halogens is 1. The normalized spacial score (nSPS) is 22.8. The summed E-state index contributed by atoms with van der Waals surface area (Å²) in [7, 11) is -1.38. The zero-order chi connectivity index (χ0) is 19.7. The molecule has 0 aliphatic carbocycles. The second-order valence-corrected chi connectivity index (χ2v) is 10.5. The predicted octanol–water partition coefficient (Wildman–Crippen LogP) is 3.62. The molecule has 0 aromatic heterocycles. The summed E-state index contributed by atoms with van der Waals surface area (Å²) < 4.78 is 29.4. The smallest absolute Gasteiger partial charge is 0.160 e. The number of rotatable bonds is 5. The van der Waals surface area contributed by atoms with Crippen LogP contribution in [0, 0.1) is 0 Å². The van der Waals surface area contributed by atoms with E-state index in [0.29, 0.717) is 11.6 Å². The van der Waals surface area contributed by atoms with Crippen molar-refractivity contribution in [2.45, 2.75) is 24.4 Å². The van der Waals surface area contributed by atoms with Gasteiger partial charge < -0.3 is 9.64 Å². The van der Waals surface area contributed by atoms with Crippen LogP contribution in [0.2, 0.25) is 5.02 Å². The van der Waals surface area contributed by atoms with E-state index in [-0.39, 0.29) is 23.6 Å². The van der Waals surface area contributed by atoms with Gasteiger partial charge in [0.1, 0.15) is 5.75 Å². The Morgan fingerprint density at radius 2 is 1.79 bits per heavy atom. The number of aliphatic imine (C=N–C) groups is 1. The average Bonchev–Trinajstić information content (AvgIpc) is 3.14. The molecule has 28 heavy (non-hydrogen) atoms. The minimum Gasteiger partial charge on any atom is -0.497 e. The van der Waals surface area contributed by atoms with Crippen molar-refractivity contribution in [3.63, 3.8) is 0 Å². The Hall–Kier alpha value is -1.70. The van der Waals surface area contributed by atoms with E-state index in [2.05, 4.69) is 4.90 Å². The quantitative estimate of drug-likeness (QED) is 0.716. The van der Waals surface area contributed by atoms with Gasteiger partial charge in [0.2, 0.25) is 0 Å². The van der Waals surface area contributed by atoms with E-state index in [1.54, 1.807) is 18.9 Å². The van der Waals surface area contributed by atoms with E-state index in [4.69, 9.17) is 21.3 Å². The van der Waals surface area contributed by atoms with Crippen LogP contribution < -0.4 is 4.74 Å². The van der Waals surface area contributed by atoms with Crippen molar-refractivity contribution in [1.29, 1.82) is 0 Å². The maximum atomic E-state index is 12.1. The SMILES string of the molecule is COc1ccc(CSC2=NC3CS(=O)(=O)CC3N2Cc2ccc(Cl)cc2)cc1. The number of nitrogens with zero attached hydrogens (tertiary/aromatic N) is 2. The van der Waals surface area contributed by atoms with Crippen LogP contribution in [-0.4, -0.2) is 49.2 Å². The molecule has 2 aliphatic heterocycles. The molecular weight excluding hydrogens is 416 g/mol. The third kappa shape index (κ3) is 4.31. The summed E-state index contributed by atoms with van der Waals surface area (Å²) >= 11 is 7.65. The minimum absolute atomic E-state index is 0.0842. The summed E-state index contributed by atoms with van der Waals surface area (Å²) in [5.41, 5.74) is 2.26. The summed E-state index contributed by atoms with van der Waals surface area (Å²) in [5, 5.41) is 1.60. The molecule has 0 radical (unpaired) electrons.